The van der Waals surface area contributed by atoms with Crippen molar-refractivity contribution in [1.82, 2.24) is 4.98 Å². The van der Waals surface area contributed by atoms with Gasteiger partial charge in [-0.2, -0.15) is 8.78 Å². The zero-order valence-electron chi connectivity index (χ0n) is 15.6. The van der Waals surface area contributed by atoms with Crippen LogP contribution in [0.3, 0.4) is 0 Å². The quantitative estimate of drug-likeness (QED) is 0.381. The van der Waals surface area contributed by atoms with Gasteiger partial charge < -0.3 is 15.0 Å². The van der Waals surface area contributed by atoms with E-state index in [1.165, 1.54) is 0 Å². The highest BCUT2D eigenvalue weighted by Crippen LogP contribution is 2.27. The fraction of sp³-hybridized carbons (Fsp3) is 0.368. The number of nitrogens with one attached hydrogen (secondary N) is 2. The summed E-state index contributed by atoms with van der Waals surface area (Å²) in [5.74, 6) is -3.15. The average molecular weight is 396 g/mol. The summed E-state index contributed by atoms with van der Waals surface area (Å²) >= 11 is 0.465. The lowest BCUT2D eigenvalue weighted by atomic mass is 10.0. The molecule has 0 aliphatic carbocycles. The summed E-state index contributed by atoms with van der Waals surface area (Å²) in [4.78, 5) is 28.3. The topological polar surface area (TPSA) is 71.2 Å². The van der Waals surface area contributed by atoms with Crippen LogP contribution in [0.4, 0.5) is 14.5 Å². The number of anilines is 1. The van der Waals surface area contributed by atoms with Gasteiger partial charge in [0.1, 0.15) is 0 Å². The molecule has 8 heteroatoms. The molecule has 0 fully saturated rings. The molecule has 0 amide bonds. The van der Waals surface area contributed by atoms with Crippen molar-refractivity contribution < 1.29 is 23.1 Å². The van der Waals surface area contributed by atoms with Crippen molar-refractivity contribution in [3.63, 3.8) is 0 Å². The molecule has 0 saturated carbocycles. The molecule has 0 saturated heterocycles. The van der Waals surface area contributed by atoms with Gasteiger partial charge in [0.2, 0.25) is 5.78 Å². The Morgan fingerprint density at radius 3 is 2.41 bits per heavy atom. The molecule has 0 radical (unpaired) electrons. The lowest BCUT2D eigenvalue weighted by Gasteiger charge is -2.14. The van der Waals surface area contributed by atoms with E-state index in [-0.39, 0.29) is 12.4 Å². The first-order valence-corrected chi connectivity index (χ1v) is 9.34. The molecule has 2 rings (SSSR count). The van der Waals surface area contributed by atoms with Gasteiger partial charge in [-0.25, -0.2) is 4.79 Å². The third kappa shape index (κ3) is 5.09. The Hall–Kier alpha value is -2.35. The van der Waals surface area contributed by atoms with Crippen molar-refractivity contribution in [2.75, 3.05) is 11.9 Å². The fourth-order valence-corrected chi connectivity index (χ4v) is 3.27. The molecule has 0 spiro atoms. The van der Waals surface area contributed by atoms with Gasteiger partial charge in [0.15, 0.2) is 0 Å². The van der Waals surface area contributed by atoms with Gasteiger partial charge in [-0.1, -0.05) is 11.8 Å². The minimum atomic E-state index is -2.48. The number of ether oxygens (including phenoxy) is 1. The lowest BCUT2D eigenvalue weighted by molar-refractivity contribution is 0.0525. The smallest absolute Gasteiger partial charge is 0.340 e. The van der Waals surface area contributed by atoms with Gasteiger partial charge >= 0.3 is 5.97 Å². The maximum absolute atomic E-state index is 12.8. The molecule has 1 heterocycles. The summed E-state index contributed by atoms with van der Waals surface area (Å²) in [7, 11) is 0. The second-order valence-electron chi connectivity index (χ2n) is 5.98. The van der Waals surface area contributed by atoms with E-state index >= 15 is 0 Å². The minimum absolute atomic E-state index is 0.211. The first kappa shape index (κ1) is 21.0. The van der Waals surface area contributed by atoms with Crippen LogP contribution in [-0.4, -0.2) is 35.1 Å². The number of esters is 1. The first-order chi connectivity index (χ1) is 12.7. The predicted octanol–water partition coefficient (Wildman–Crippen LogP) is 4.81. The second-order valence-corrected chi connectivity index (χ2v) is 7.04. The number of carbonyl (C=O) groups excluding carboxylic acids is 2. The lowest BCUT2D eigenvalue weighted by Crippen LogP contribution is -2.27. The Morgan fingerprint density at radius 1 is 1.22 bits per heavy atom. The molecular formula is C19H22F2N2O3S. The summed E-state index contributed by atoms with van der Waals surface area (Å²) in [6, 6.07) is 5.85. The highest BCUT2D eigenvalue weighted by Gasteiger charge is 2.25. The van der Waals surface area contributed by atoms with Gasteiger partial charge in [0.25, 0.3) is 5.76 Å². The van der Waals surface area contributed by atoms with E-state index in [1.807, 2.05) is 0 Å². The van der Waals surface area contributed by atoms with E-state index < -0.39 is 17.8 Å². The number of rotatable bonds is 8. The number of Topliss-reactive ketones (excluding diaryl/α,β-unsaturated/α-hetero) is 1. The third-order valence-electron chi connectivity index (χ3n) is 4.02. The Balaban J connectivity index is 2.13. The van der Waals surface area contributed by atoms with Crippen molar-refractivity contribution in [3.05, 3.63) is 46.8 Å². The monoisotopic (exact) mass is 396 g/mol. The normalized spacial score (nSPS) is 12.1. The summed E-state index contributed by atoms with van der Waals surface area (Å²) in [6.45, 7) is 7.09. The number of alkyl halides is 2. The number of carbonyl (C=O) groups is 2. The van der Waals surface area contributed by atoms with Gasteiger partial charge in [0.05, 0.1) is 23.9 Å². The molecule has 146 valence electrons. The number of ketones is 1. The molecule has 0 aliphatic heterocycles. The largest absolute Gasteiger partial charge is 0.462 e. The van der Waals surface area contributed by atoms with Crippen molar-refractivity contribution in [3.8, 4) is 0 Å². The van der Waals surface area contributed by atoms with Gasteiger partial charge in [-0.15, -0.1) is 0 Å². The number of aromatic amines is 1. The second kappa shape index (κ2) is 9.03. The summed E-state index contributed by atoms with van der Waals surface area (Å²) < 4.78 is 29.8. The van der Waals surface area contributed by atoms with Gasteiger partial charge in [-0.05, 0) is 57.5 Å². The van der Waals surface area contributed by atoms with E-state index in [0.717, 1.165) is 0 Å². The molecule has 27 heavy (non-hydrogen) atoms. The van der Waals surface area contributed by atoms with Crippen molar-refractivity contribution >= 4 is 29.2 Å². The number of halogens is 2. The Morgan fingerprint density at radius 2 is 1.85 bits per heavy atom. The van der Waals surface area contributed by atoms with Crippen LogP contribution < -0.4 is 5.32 Å². The first-order valence-electron chi connectivity index (χ1n) is 8.46. The summed E-state index contributed by atoms with van der Waals surface area (Å²) in [5, 5.41) is 3.05. The SMILES string of the molecule is CCOC(=O)c1c(C)[nH]c(C(=O)[C@H](C)Nc2ccc(SC(F)F)cc2)c1C. The number of hydrogen-bond acceptors (Lipinski definition) is 5. The molecule has 1 aromatic carbocycles. The van der Waals surface area contributed by atoms with Crippen molar-refractivity contribution in [2.24, 2.45) is 0 Å². The van der Waals surface area contributed by atoms with Crippen LogP contribution in [0.25, 0.3) is 0 Å². The Bertz CT molecular complexity index is 819. The molecule has 5 nitrogen and oxygen atoms in total. The van der Waals surface area contributed by atoms with E-state index in [0.29, 0.717) is 44.9 Å². The molecule has 0 aliphatic rings. The van der Waals surface area contributed by atoms with E-state index in [9.17, 15) is 18.4 Å². The van der Waals surface area contributed by atoms with Crippen LogP contribution in [0.15, 0.2) is 29.2 Å². The summed E-state index contributed by atoms with van der Waals surface area (Å²) in [5.41, 5.74) is 2.49. The Kier molecular flexibility index (Phi) is 7.01. The van der Waals surface area contributed by atoms with Crippen LogP contribution in [0.2, 0.25) is 0 Å². The number of H-pyrrole nitrogens is 1. The highest BCUT2D eigenvalue weighted by molar-refractivity contribution is 7.99. The van der Waals surface area contributed by atoms with E-state index in [1.54, 1.807) is 52.0 Å². The zero-order chi connectivity index (χ0) is 20.1. The minimum Gasteiger partial charge on any atom is -0.462 e. The van der Waals surface area contributed by atoms with Crippen LogP contribution in [0.1, 0.15) is 46.0 Å². The molecule has 2 N–H and O–H groups in total. The van der Waals surface area contributed by atoms with Crippen LogP contribution in [0, 0.1) is 13.8 Å². The van der Waals surface area contributed by atoms with Gasteiger partial charge in [0, 0.05) is 16.3 Å². The molecule has 0 unspecified atom stereocenters. The van der Waals surface area contributed by atoms with Crippen LogP contribution in [-0.2, 0) is 4.74 Å². The maximum atomic E-state index is 12.8. The van der Waals surface area contributed by atoms with Crippen LogP contribution in [0.5, 0.6) is 0 Å². The molecule has 0 bridgehead atoms. The maximum Gasteiger partial charge on any atom is 0.340 e. The van der Waals surface area contributed by atoms with E-state index in [2.05, 4.69) is 10.3 Å². The van der Waals surface area contributed by atoms with Crippen molar-refractivity contribution in [1.29, 1.82) is 0 Å². The fourth-order valence-electron chi connectivity index (χ4n) is 2.77. The number of hydrogen-bond donors (Lipinski definition) is 2. The molecule has 2 aromatic rings. The predicted molar refractivity (Wildman–Crippen MR) is 102 cm³/mol. The average Bonchev–Trinajstić information content (AvgIpc) is 2.90. The molecular weight excluding hydrogens is 374 g/mol. The van der Waals surface area contributed by atoms with Crippen LogP contribution >= 0.6 is 11.8 Å². The standard InChI is InChI=1S/C19H22F2N2O3S/c1-5-26-18(25)15-10(2)16(23-11(15)3)17(24)12(4)22-13-6-8-14(9-7-13)27-19(20)21/h6-9,12,19,22-23H,5H2,1-4H3/t12-/m0/s1. The molecule has 1 aromatic heterocycles. The zero-order valence-corrected chi connectivity index (χ0v) is 16.4. The highest BCUT2D eigenvalue weighted by atomic mass is 32.2. The number of aromatic nitrogens is 1. The number of aryl methyl sites for hydroxylation is 1. The van der Waals surface area contributed by atoms with Crippen molar-refractivity contribution in [2.45, 2.75) is 44.4 Å². The van der Waals surface area contributed by atoms with Gasteiger partial charge in [-0.3, -0.25) is 4.79 Å². The van der Waals surface area contributed by atoms with E-state index in [4.69, 9.17) is 4.74 Å². The Labute approximate surface area is 160 Å². The summed E-state index contributed by atoms with van der Waals surface area (Å²) in [6.07, 6.45) is 0. The molecule has 1 atom stereocenters. The number of thioether (sulfide) groups is 1. The third-order valence-corrected chi connectivity index (χ3v) is 4.74. The number of benzene rings is 1.